The lowest BCUT2D eigenvalue weighted by Gasteiger charge is -2.28. The second kappa shape index (κ2) is 12.8. The second-order valence-electron chi connectivity index (χ2n) is 9.21. The van der Waals surface area contributed by atoms with Gasteiger partial charge in [0.1, 0.15) is 12.4 Å². The van der Waals surface area contributed by atoms with E-state index in [0.29, 0.717) is 47.3 Å². The molecule has 1 heterocycles. The van der Waals surface area contributed by atoms with Gasteiger partial charge in [-0.1, -0.05) is 61.8 Å². The zero-order chi connectivity index (χ0) is 27.9. The van der Waals surface area contributed by atoms with E-state index in [-0.39, 0.29) is 11.3 Å². The van der Waals surface area contributed by atoms with Crippen LogP contribution in [0.2, 0.25) is 5.02 Å². The Balaban J connectivity index is 1.74. The molecular formula is C31H33ClN2O5. The summed E-state index contributed by atoms with van der Waals surface area (Å²) in [6.45, 7) is 7.00. The molecule has 7 nitrogen and oxygen atoms in total. The minimum atomic E-state index is -0.798. The fourth-order valence-electron chi connectivity index (χ4n) is 4.72. The van der Waals surface area contributed by atoms with Gasteiger partial charge in [0.2, 0.25) is 0 Å². The van der Waals surface area contributed by atoms with E-state index >= 15 is 0 Å². The zero-order valence-electron chi connectivity index (χ0n) is 22.4. The predicted molar refractivity (Wildman–Crippen MR) is 152 cm³/mol. The third kappa shape index (κ3) is 6.27. The Morgan fingerprint density at radius 2 is 1.67 bits per heavy atom. The van der Waals surface area contributed by atoms with Gasteiger partial charge >= 0.3 is 0 Å². The number of hydrogen-bond donors (Lipinski definition) is 1. The van der Waals surface area contributed by atoms with E-state index in [4.69, 9.17) is 21.1 Å². The maximum Gasteiger partial charge on any atom is 0.295 e. The smallest absolute Gasteiger partial charge is 0.295 e. The number of carbonyl (C=O) groups is 2. The maximum atomic E-state index is 13.3. The summed E-state index contributed by atoms with van der Waals surface area (Å²) in [7, 11) is 1.54. The van der Waals surface area contributed by atoms with E-state index in [1.54, 1.807) is 49.6 Å². The molecule has 1 saturated heterocycles. The summed E-state index contributed by atoms with van der Waals surface area (Å²) in [6, 6.07) is 20.8. The summed E-state index contributed by atoms with van der Waals surface area (Å²) in [5.41, 5.74) is 2.08. The minimum Gasteiger partial charge on any atom is -0.507 e. The van der Waals surface area contributed by atoms with Crippen LogP contribution < -0.4 is 9.47 Å². The summed E-state index contributed by atoms with van der Waals surface area (Å²) in [4.78, 5) is 30.3. The first-order chi connectivity index (χ1) is 18.9. The Labute approximate surface area is 234 Å². The van der Waals surface area contributed by atoms with E-state index < -0.39 is 17.7 Å². The summed E-state index contributed by atoms with van der Waals surface area (Å²) in [5, 5.41) is 11.8. The number of ether oxygens (including phenoxy) is 2. The van der Waals surface area contributed by atoms with Crippen LogP contribution in [0.3, 0.4) is 0 Å². The molecule has 0 saturated carbocycles. The highest BCUT2D eigenvalue weighted by Crippen LogP contribution is 2.42. The van der Waals surface area contributed by atoms with Gasteiger partial charge in [-0.2, -0.15) is 0 Å². The topological polar surface area (TPSA) is 79.3 Å². The molecule has 0 radical (unpaired) electrons. The quantitative estimate of drug-likeness (QED) is 0.188. The Bertz CT molecular complexity index is 1340. The third-order valence-corrected chi connectivity index (χ3v) is 7.20. The molecule has 1 atom stereocenters. The van der Waals surface area contributed by atoms with Crippen molar-refractivity contribution < 1.29 is 24.2 Å². The highest BCUT2D eigenvalue weighted by molar-refractivity contribution is 6.46. The van der Waals surface area contributed by atoms with E-state index in [2.05, 4.69) is 18.7 Å². The Morgan fingerprint density at radius 3 is 2.31 bits per heavy atom. The van der Waals surface area contributed by atoms with E-state index in [1.165, 1.54) is 4.90 Å². The van der Waals surface area contributed by atoms with Gasteiger partial charge in [0, 0.05) is 23.7 Å². The average Bonchev–Trinajstić information content (AvgIpc) is 3.22. The summed E-state index contributed by atoms with van der Waals surface area (Å²) in [5.74, 6) is -0.628. The number of halogens is 1. The number of methoxy groups -OCH3 is 1. The zero-order valence-corrected chi connectivity index (χ0v) is 23.1. The van der Waals surface area contributed by atoms with Gasteiger partial charge < -0.3 is 24.4 Å². The van der Waals surface area contributed by atoms with Crippen molar-refractivity contribution in [2.24, 2.45) is 0 Å². The molecule has 1 amide bonds. The number of nitrogens with zero attached hydrogens (tertiary/aromatic N) is 2. The van der Waals surface area contributed by atoms with Crippen molar-refractivity contribution >= 4 is 29.1 Å². The van der Waals surface area contributed by atoms with Crippen molar-refractivity contribution in [3.05, 3.63) is 100 Å². The molecule has 1 N–H and O–H groups in total. The van der Waals surface area contributed by atoms with Gasteiger partial charge in [-0.3, -0.25) is 9.59 Å². The van der Waals surface area contributed by atoms with Crippen molar-refractivity contribution in [2.45, 2.75) is 26.5 Å². The molecule has 1 unspecified atom stereocenters. The molecular weight excluding hydrogens is 516 g/mol. The van der Waals surface area contributed by atoms with Crippen LogP contribution in [0.25, 0.3) is 5.76 Å². The van der Waals surface area contributed by atoms with Crippen LogP contribution in [0.15, 0.2) is 78.4 Å². The molecule has 204 valence electrons. The number of benzene rings is 3. The number of likely N-dealkylation sites (N-methyl/N-ethyl adjacent to an activating group) is 1. The van der Waals surface area contributed by atoms with Gasteiger partial charge in [-0.05, 0) is 60.6 Å². The van der Waals surface area contributed by atoms with Crippen LogP contribution in [0.1, 0.15) is 36.6 Å². The number of ketones is 1. The Morgan fingerprint density at radius 1 is 0.974 bits per heavy atom. The minimum absolute atomic E-state index is 0.0295. The van der Waals surface area contributed by atoms with Gasteiger partial charge in [-0.25, -0.2) is 0 Å². The molecule has 4 rings (SSSR count). The summed E-state index contributed by atoms with van der Waals surface area (Å²) in [6.07, 6.45) is 0. The lowest BCUT2D eigenvalue weighted by Crippen LogP contribution is -2.38. The first kappa shape index (κ1) is 28.2. The van der Waals surface area contributed by atoms with Crippen LogP contribution in [-0.4, -0.2) is 59.9 Å². The fraction of sp³-hybridized carbons (Fsp3) is 0.290. The molecule has 0 aliphatic carbocycles. The van der Waals surface area contributed by atoms with Crippen molar-refractivity contribution in [1.82, 2.24) is 9.80 Å². The van der Waals surface area contributed by atoms with Crippen LogP contribution in [0.4, 0.5) is 0 Å². The number of carbonyl (C=O) groups excluding carboxylic acids is 2. The normalized spacial score (nSPS) is 16.6. The number of Topliss-reactive ketones (excluding diaryl/α,β-unsaturated/α-hetero) is 1. The van der Waals surface area contributed by atoms with Crippen LogP contribution >= 0.6 is 11.6 Å². The standard InChI is InChI=1S/C31H33ClN2O5/c1-4-33(5-2)17-18-34-28(27(30(36)31(34)37)29(35)22-11-14-24(32)15-12-22)23-13-16-25(26(19-23)38-3)39-20-21-9-7-6-8-10-21/h6-16,19,28,35H,4-5,17-18,20H2,1-3H3. The molecule has 1 aliphatic heterocycles. The largest absolute Gasteiger partial charge is 0.507 e. The Kier molecular flexibility index (Phi) is 9.28. The van der Waals surface area contributed by atoms with Gasteiger partial charge in [0.25, 0.3) is 11.7 Å². The van der Waals surface area contributed by atoms with Crippen molar-refractivity contribution in [3.8, 4) is 11.5 Å². The summed E-state index contributed by atoms with van der Waals surface area (Å²) >= 11 is 6.03. The van der Waals surface area contributed by atoms with Crippen LogP contribution in [0.5, 0.6) is 11.5 Å². The molecule has 8 heteroatoms. The van der Waals surface area contributed by atoms with Crippen LogP contribution in [0, 0.1) is 0 Å². The molecule has 3 aromatic rings. The number of aliphatic hydroxyl groups is 1. The first-order valence-corrected chi connectivity index (χ1v) is 13.4. The number of amides is 1. The van der Waals surface area contributed by atoms with E-state index in [0.717, 1.165) is 18.7 Å². The monoisotopic (exact) mass is 548 g/mol. The van der Waals surface area contributed by atoms with Crippen molar-refractivity contribution in [2.75, 3.05) is 33.3 Å². The Hall–Kier alpha value is -3.81. The second-order valence-corrected chi connectivity index (χ2v) is 9.65. The highest BCUT2D eigenvalue weighted by Gasteiger charge is 2.46. The SMILES string of the molecule is CCN(CC)CCN1C(=O)C(=O)C(=C(O)c2ccc(Cl)cc2)C1c1ccc(OCc2ccccc2)c(OC)c1. The number of aliphatic hydroxyl groups excluding tert-OH is 1. The fourth-order valence-corrected chi connectivity index (χ4v) is 4.84. The molecule has 0 bridgehead atoms. The van der Waals surface area contributed by atoms with Gasteiger partial charge in [-0.15, -0.1) is 0 Å². The molecule has 39 heavy (non-hydrogen) atoms. The lowest BCUT2D eigenvalue weighted by atomic mass is 9.95. The lowest BCUT2D eigenvalue weighted by molar-refractivity contribution is -0.140. The van der Waals surface area contributed by atoms with Gasteiger partial charge in [0.15, 0.2) is 11.5 Å². The maximum absolute atomic E-state index is 13.3. The molecule has 0 aromatic heterocycles. The predicted octanol–water partition coefficient (Wildman–Crippen LogP) is 5.69. The van der Waals surface area contributed by atoms with Crippen molar-refractivity contribution in [1.29, 1.82) is 0 Å². The van der Waals surface area contributed by atoms with E-state index in [9.17, 15) is 14.7 Å². The number of likely N-dealkylation sites (tertiary alicyclic amines) is 1. The number of rotatable bonds is 11. The third-order valence-electron chi connectivity index (χ3n) is 6.95. The molecule has 3 aromatic carbocycles. The molecule has 1 aliphatic rings. The average molecular weight is 549 g/mol. The molecule has 1 fully saturated rings. The first-order valence-electron chi connectivity index (χ1n) is 13.0. The van der Waals surface area contributed by atoms with Gasteiger partial charge in [0.05, 0.1) is 18.7 Å². The summed E-state index contributed by atoms with van der Waals surface area (Å²) < 4.78 is 11.6. The highest BCUT2D eigenvalue weighted by atomic mass is 35.5. The molecule has 0 spiro atoms. The number of hydrogen-bond acceptors (Lipinski definition) is 6. The van der Waals surface area contributed by atoms with Crippen molar-refractivity contribution in [3.63, 3.8) is 0 Å². The van der Waals surface area contributed by atoms with Crippen LogP contribution in [-0.2, 0) is 16.2 Å². The van der Waals surface area contributed by atoms with E-state index in [1.807, 2.05) is 30.3 Å².